The molecule has 16 heavy (non-hydrogen) atoms. The van der Waals surface area contributed by atoms with Crippen LogP contribution in [-0.2, 0) is 19.1 Å². The highest BCUT2D eigenvalue weighted by Crippen LogP contribution is 2.07. The molecular weight excluding hydrogens is 208 g/mol. The van der Waals surface area contributed by atoms with E-state index in [1.807, 2.05) is 0 Å². The molecule has 0 aromatic heterocycles. The van der Waals surface area contributed by atoms with Crippen LogP contribution in [0.25, 0.3) is 0 Å². The Morgan fingerprint density at radius 2 is 1.31 bits per heavy atom. The topological polar surface area (TPSA) is 52.6 Å². The van der Waals surface area contributed by atoms with Gasteiger partial charge in [-0.05, 0) is 0 Å². The van der Waals surface area contributed by atoms with Gasteiger partial charge in [0.2, 0.25) is 0 Å². The summed E-state index contributed by atoms with van der Waals surface area (Å²) in [7, 11) is 0. The van der Waals surface area contributed by atoms with Crippen molar-refractivity contribution in [3.05, 3.63) is 0 Å². The molecular formula is C12H14O4. The van der Waals surface area contributed by atoms with Gasteiger partial charge >= 0.3 is 11.9 Å². The molecule has 4 nitrogen and oxygen atoms in total. The zero-order valence-electron chi connectivity index (χ0n) is 9.36. The van der Waals surface area contributed by atoms with Crippen molar-refractivity contribution < 1.29 is 19.1 Å². The third-order valence-corrected chi connectivity index (χ3v) is 1.68. The smallest absolute Gasteiger partial charge is 0.303 e. The van der Waals surface area contributed by atoms with Crippen molar-refractivity contribution in [2.45, 2.75) is 38.9 Å². The normalized spacial score (nSPS) is 12.8. The lowest BCUT2D eigenvalue weighted by Gasteiger charge is -2.14. The second-order valence-electron chi connectivity index (χ2n) is 3.11. The summed E-state index contributed by atoms with van der Waals surface area (Å²) in [4.78, 5) is 21.3. The molecule has 0 N–H and O–H groups in total. The van der Waals surface area contributed by atoms with Gasteiger partial charge in [-0.1, -0.05) is 11.8 Å². The van der Waals surface area contributed by atoms with Crippen LogP contribution in [0.5, 0.6) is 0 Å². The summed E-state index contributed by atoms with van der Waals surface area (Å²) in [5.74, 6) is 3.73. The summed E-state index contributed by atoms with van der Waals surface area (Å²) in [6, 6.07) is 0. The molecule has 4 heteroatoms. The Morgan fingerprint density at radius 1 is 1.00 bits per heavy atom. The molecule has 0 fully saturated rings. The van der Waals surface area contributed by atoms with E-state index in [1.165, 1.54) is 13.8 Å². The molecule has 86 valence electrons. The van der Waals surface area contributed by atoms with Crippen molar-refractivity contribution in [1.82, 2.24) is 0 Å². The molecule has 0 bridgehead atoms. The first kappa shape index (κ1) is 14.1. The van der Waals surface area contributed by atoms with Crippen LogP contribution in [0.4, 0.5) is 0 Å². The number of esters is 2. The van der Waals surface area contributed by atoms with Gasteiger partial charge in [-0.25, -0.2) is 0 Å². The Labute approximate surface area is 95.3 Å². The van der Waals surface area contributed by atoms with Crippen LogP contribution < -0.4 is 0 Å². The predicted octanol–water partition coefficient (Wildman–Crippen LogP) is 0.896. The molecule has 0 rings (SSSR count). The molecule has 0 saturated carbocycles. The molecule has 0 spiro atoms. The lowest BCUT2D eigenvalue weighted by Crippen LogP contribution is -2.19. The van der Waals surface area contributed by atoms with Gasteiger partial charge in [0, 0.05) is 26.7 Å². The van der Waals surface area contributed by atoms with Crippen LogP contribution in [0.2, 0.25) is 0 Å². The lowest BCUT2D eigenvalue weighted by molar-refractivity contribution is -0.147. The third kappa shape index (κ3) is 6.50. The highest BCUT2D eigenvalue weighted by molar-refractivity contribution is 5.66. The van der Waals surface area contributed by atoms with Crippen LogP contribution in [0.1, 0.15) is 26.7 Å². The molecule has 0 amide bonds. The van der Waals surface area contributed by atoms with Gasteiger partial charge in [-0.2, -0.15) is 0 Å². The van der Waals surface area contributed by atoms with E-state index in [1.54, 1.807) is 0 Å². The van der Waals surface area contributed by atoms with E-state index in [0.29, 0.717) is 12.8 Å². The SMILES string of the molecule is C#CC(CCC(C#C)OC(C)=O)OC(C)=O. The number of terminal acetylenes is 2. The second-order valence-corrected chi connectivity index (χ2v) is 3.11. The van der Waals surface area contributed by atoms with Gasteiger partial charge in [0.15, 0.2) is 12.2 Å². The zero-order valence-corrected chi connectivity index (χ0v) is 9.36. The largest absolute Gasteiger partial charge is 0.449 e. The minimum atomic E-state index is -0.635. The van der Waals surface area contributed by atoms with Crippen LogP contribution in [0.15, 0.2) is 0 Å². The van der Waals surface area contributed by atoms with Crippen molar-refractivity contribution >= 4 is 11.9 Å². The van der Waals surface area contributed by atoms with Crippen LogP contribution in [-0.4, -0.2) is 24.1 Å². The average molecular weight is 222 g/mol. The van der Waals surface area contributed by atoms with E-state index in [9.17, 15) is 9.59 Å². The number of hydrogen-bond acceptors (Lipinski definition) is 4. The fraction of sp³-hybridized carbons (Fsp3) is 0.500. The number of rotatable bonds is 5. The minimum Gasteiger partial charge on any atom is -0.449 e. The van der Waals surface area contributed by atoms with E-state index in [-0.39, 0.29) is 0 Å². The van der Waals surface area contributed by atoms with E-state index >= 15 is 0 Å². The Balaban J connectivity index is 4.09. The first-order chi connectivity index (χ1) is 7.49. The summed E-state index contributed by atoms with van der Waals surface area (Å²) in [6.45, 7) is 2.55. The Bertz CT molecular complexity index is 298. The van der Waals surface area contributed by atoms with E-state index < -0.39 is 24.1 Å². The monoisotopic (exact) mass is 222 g/mol. The molecule has 0 radical (unpaired) electrons. The Kier molecular flexibility index (Phi) is 6.47. The molecule has 0 aliphatic carbocycles. The fourth-order valence-corrected chi connectivity index (χ4v) is 1.06. The van der Waals surface area contributed by atoms with Crippen LogP contribution in [0.3, 0.4) is 0 Å². The number of hydrogen-bond donors (Lipinski definition) is 0. The summed E-state index contributed by atoms with van der Waals surface area (Å²) >= 11 is 0. The maximum Gasteiger partial charge on any atom is 0.303 e. The van der Waals surface area contributed by atoms with Gasteiger partial charge < -0.3 is 9.47 Å². The van der Waals surface area contributed by atoms with Crippen molar-refractivity contribution in [3.8, 4) is 24.7 Å². The number of carbonyl (C=O) groups excluding carboxylic acids is 2. The van der Waals surface area contributed by atoms with Gasteiger partial charge in [-0.3, -0.25) is 9.59 Å². The van der Waals surface area contributed by atoms with Crippen LogP contribution >= 0.6 is 0 Å². The number of ether oxygens (including phenoxy) is 2. The van der Waals surface area contributed by atoms with Gasteiger partial charge in [-0.15, -0.1) is 12.8 Å². The maximum atomic E-state index is 10.7. The molecule has 2 unspecified atom stereocenters. The summed E-state index contributed by atoms with van der Waals surface area (Å²) in [5.41, 5.74) is 0. The lowest BCUT2D eigenvalue weighted by atomic mass is 10.1. The standard InChI is InChI=1S/C12H14O4/c1-5-11(15-9(3)13)7-8-12(6-2)16-10(4)14/h1-2,11-12H,7-8H2,3-4H3. The van der Waals surface area contributed by atoms with E-state index in [4.69, 9.17) is 22.3 Å². The average Bonchev–Trinajstić information content (AvgIpc) is 2.20. The molecule has 0 aliphatic heterocycles. The first-order valence-corrected chi connectivity index (χ1v) is 4.76. The summed E-state index contributed by atoms with van der Waals surface area (Å²) < 4.78 is 9.63. The number of carbonyl (C=O) groups is 2. The zero-order chi connectivity index (χ0) is 12.6. The maximum absolute atomic E-state index is 10.7. The quantitative estimate of drug-likeness (QED) is 0.512. The van der Waals surface area contributed by atoms with Gasteiger partial charge in [0.05, 0.1) is 0 Å². The first-order valence-electron chi connectivity index (χ1n) is 4.76. The van der Waals surface area contributed by atoms with Crippen molar-refractivity contribution in [1.29, 1.82) is 0 Å². The molecule has 0 saturated heterocycles. The fourth-order valence-electron chi connectivity index (χ4n) is 1.06. The highest BCUT2D eigenvalue weighted by Gasteiger charge is 2.14. The molecule has 0 aromatic carbocycles. The van der Waals surface area contributed by atoms with E-state index in [2.05, 4.69) is 11.8 Å². The predicted molar refractivity (Wildman–Crippen MR) is 58.0 cm³/mol. The third-order valence-electron chi connectivity index (χ3n) is 1.68. The highest BCUT2D eigenvalue weighted by atomic mass is 16.5. The summed E-state index contributed by atoms with van der Waals surface area (Å²) in [6.07, 6.45) is 9.77. The molecule has 2 atom stereocenters. The van der Waals surface area contributed by atoms with Crippen molar-refractivity contribution in [2.75, 3.05) is 0 Å². The van der Waals surface area contributed by atoms with Gasteiger partial charge in [0.1, 0.15) is 0 Å². The molecule has 0 aliphatic rings. The minimum absolute atomic E-state index is 0.359. The molecule has 0 aromatic rings. The van der Waals surface area contributed by atoms with Crippen LogP contribution in [0, 0.1) is 24.7 Å². The van der Waals surface area contributed by atoms with E-state index in [0.717, 1.165) is 0 Å². The van der Waals surface area contributed by atoms with Crippen molar-refractivity contribution in [2.24, 2.45) is 0 Å². The second kappa shape index (κ2) is 7.36. The van der Waals surface area contributed by atoms with Gasteiger partial charge in [0.25, 0.3) is 0 Å². The Morgan fingerprint density at radius 3 is 1.50 bits per heavy atom. The molecule has 0 heterocycles. The van der Waals surface area contributed by atoms with Crippen molar-refractivity contribution in [3.63, 3.8) is 0 Å². The summed E-state index contributed by atoms with van der Waals surface area (Å²) in [5, 5.41) is 0. The Hall–Kier alpha value is -1.94.